The van der Waals surface area contributed by atoms with Crippen LogP contribution >= 0.6 is 11.6 Å². The van der Waals surface area contributed by atoms with Gasteiger partial charge in [-0.25, -0.2) is 9.78 Å². The summed E-state index contributed by atoms with van der Waals surface area (Å²) in [7, 11) is 0. The number of hydrogen-bond acceptors (Lipinski definition) is 4. The molecule has 232 valence electrons. The van der Waals surface area contributed by atoms with Crippen LogP contribution < -0.4 is 0 Å². The van der Waals surface area contributed by atoms with Gasteiger partial charge >= 0.3 is 24.6 Å². The zero-order valence-corrected chi connectivity index (χ0v) is 22.8. The number of H-pyrrole nitrogens is 1. The molecule has 1 aliphatic rings. The van der Waals surface area contributed by atoms with Gasteiger partial charge in [0.05, 0.1) is 29.3 Å². The SMILES string of the molecule is C[C@H]1[C@@H](c2cc(C(F)(F)F)cc(C(F)(F)F)c2)OC(=O)N1Cc1cc(C(F)(F)F)ccc1-c1cc(-c2ncn[nH]2)ccc1Cl. The van der Waals surface area contributed by atoms with Crippen molar-refractivity contribution in [1.29, 1.82) is 0 Å². The summed E-state index contributed by atoms with van der Waals surface area (Å²) in [6, 6.07) is 6.98. The molecule has 6 nitrogen and oxygen atoms in total. The molecule has 1 N–H and O–H groups in total. The maximum atomic E-state index is 13.7. The van der Waals surface area contributed by atoms with Crippen molar-refractivity contribution >= 4 is 17.7 Å². The number of hydrogen-bond donors (Lipinski definition) is 1. The van der Waals surface area contributed by atoms with Gasteiger partial charge in [-0.1, -0.05) is 17.7 Å². The molecule has 44 heavy (non-hydrogen) atoms. The van der Waals surface area contributed by atoms with Crippen molar-refractivity contribution in [1.82, 2.24) is 20.1 Å². The van der Waals surface area contributed by atoms with Gasteiger partial charge in [-0.2, -0.15) is 44.6 Å². The van der Waals surface area contributed by atoms with Crippen LogP contribution in [0.1, 0.15) is 40.8 Å². The van der Waals surface area contributed by atoms with Crippen LogP contribution in [0, 0.1) is 0 Å². The van der Waals surface area contributed by atoms with Gasteiger partial charge < -0.3 is 4.74 Å². The number of aromatic amines is 1. The number of rotatable bonds is 5. The number of carbonyl (C=O) groups is 1. The van der Waals surface area contributed by atoms with E-state index in [0.29, 0.717) is 23.5 Å². The molecule has 0 bridgehead atoms. The van der Waals surface area contributed by atoms with E-state index in [1.165, 1.54) is 25.4 Å². The van der Waals surface area contributed by atoms with E-state index < -0.39 is 65.6 Å². The highest BCUT2D eigenvalue weighted by Gasteiger charge is 2.43. The predicted molar refractivity (Wildman–Crippen MR) is 138 cm³/mol. The van der Waals surface area contributed by atoms with E-state index >= 15 is 0 Å². The van der Waals surface area contributed by atoms with E-state index in [2.05, 4.69) is 15.2 Å². The first-order valence-electron chi connectivity index (χ1n) is 12.6. The number of alkyl halides is 9. The van der Waals surface area contributed by atoms with Crippen molar-refractivity contribution in [2.24, 2.45) is 0 Å². The van der Waals surface area contributed by atoms with Crippen LogP contribution in [0.4, 0.5) is 44.3 Å². The molecule has 0 unspecified atom stereocenters. The van der Waals surface area contributed by atoms with Crippen molar-refractivity contribution in [2.75, 3.05) is 0 Å². The molecule has 16 heteroatoms. The quantitative estimate of drug-likeness (QED) is 0.219. The maximum absolute atomic E-state index is 13.7. The molecule has 3 aromatic carbocycles. The predicted octanol–water partition coefficient (Wildman–Crippen LogP) is 8.93. The molecule has 0 spiro atoms. The van der Waals surface area contributed by atoms with E-state index in [1.54, 1.807) is 6.07 Å². The number of nitrogens with zero attached hydrogens (tertiary/aromatic N) is 3. The van der Waals surface area contributed by atoms with Gasteiger partial charge in [0.2, 0.25) is 0 Å². The number of halogens is 10. The Kier molecular flexibility index (Phi) is 7.81. The zero-order valence-electron chi connectivity index (χ0n) is 22.1. The van der Waals surface area contributed by atoms with Crippen LogP contribution in [-0.2, 0) is 29.8 Å². The Morgan fingerprint density at radius 1 is 0.841 bits per heavy atom. The van der Waals surface area contributed by atoms with E-state index in [0.717, 1.165) is 23.1 Å². The van der Waals surface area contributed by atoms with Crippen LogP contribution in [0.3, 0.4) is 0 Å². The molecule has 4 aromatic rings. The van der Waals surface area contributed by atoms with Crippen LogP contribution in [0.2, 0.25) is 5.02 Å². The fraction of sp³-hybridized carbons (Fsp3) is 0.250. The number of benzene rings is 3. The Labute approximate surface area is 247 Å². The lowest BCUT2D eigenvalue weighted by molar-refractivity contribution is -0.143. The molecule has 0 aliphatic carbocycles. The summed E-state index contributed by atoms with van der Waals surface area (Å²) in [5.41, 5.74) is -4.02. The highest BCUT2D eigenvalue weighted by atomic mass is 35.5. The van der Waals surface area contributed by atoms with Crippen LogP contribution in [0.5, 0.6) is 0 Å². The summed E-state index contributed by atoms with van der Waals surface area (Å²) in [6.07, 6.45) is -16.6. The van der Waals surface area contributed by atoms with E-state index in [-0.39, 0.29) is 27.8 Å². The highest BCUT2D eigenvalue weighted by Crippen LogP contribution is 2.43. The lowest BCUT2D eigenvalue weighted by Crippen LogP contribution is -2.32. The molecule has 1 aromatic heterocycles. The van der Waals surface area contributed by atoms with Crippen LogP contribution in [-0.4, -0.2) is 32.2 Å². The molecule has 0 radical (unpaired) electrons. The second-order valence-electron chi connectivity index (χ2n) is 9.91. The van der Waals surface area contributed by atoms with Crippen LogP contribution in [0.15, 0.2) is 60.9 Å². The first kappa shape index (κ1) is 31.2. The fourth-order valence-electron chi connectivity index (χ4n) is 4.87. The van der Waals surface area contributed by atoms with E-state index in [4.69, 9.17) is 16.3 Å². The molecule has 1 fully saturated rings. The Hall–Kier alpha value is -4.27. The minimum absolute atomic E-state index is 0.0612. The Morgan fingerprint density at radius 2 is 1.48 bits per heavy atom. The van der Waals surface area contributed by atoms with E-state index in [9.17, 15) is 44.3 Å². The average Bonchev–Trinajstić information content (AvgIpc) is 3.56. The van der Waals surface area contributed by atoms with Crippen molar-refractivity contribution < 1.29 is 49.0 Å². The Balaban J connectivity index is 1.56. The fourth-order valence-corrected chi connectivity index (χ4v) is 5.09. The lowest BCUT2D eigenvalue weighted by atomic mass is 9.94. The molecular weight excluding hydrogens is 631 g/mol. The van der Waals surface area contributed by atoms with Crippen molar-refractivity contribution in [3.05, 3.63) is 93.8 Å². The summed E-state index contributed by atoms with van der Waals surface area (Å²) in [6.45, 7) is 0.748. The summed E-state index contributed by atoms with van der Waals surface area (Å²) in [5.74, 6) is 0.329. The summed E-state index contributed by atoms with van der Waals surface area (Å²) in [5, 5.41) is 6.54. The number of aromatic nitrogens is 3. The summed E-state index contributed by atoms with van der Waals surface area (Å²) in [4.78, 5) is 17.9. The van der Waals surface area contributed by atoms with Crippen molar-refractivity contribution in [3.8, 4) is 22.5 Å². The largest absolute Gasteiger partial charge is 0.439 e. The first-order chi connectivity index (χ1) is 20.4. The third-order valence-electron chi connectivity index (χ3n) is 7.05. The number of carbonyl (C=O) groups excluding carboxylic acids is 1. The Bertz CT molecular complexity index is 1670. The second kappa shape index (κ2) is 11.0. The molecule has 0 saturated carbocycles. The van der Waals surface area contributed by atoms with Gasteiger partial charge in [-0.05, 0) is 72.1 Å². The summed E-state index contributed by atoms with van der Waals surface area (Å²) < 4.78 is 127. The standard InChI is InChI=1S/C28H18ClF9N4O2/c1-13-23(15-6-18(27(33,34)35)10-19(7-15)28(36,37)38)44-25(43)42(13)11-16-8-17(26(30,31)32)3-4-20(16)21-9-14(2-5-22(21)29)24-39-12-40-41-24/h2-10,12-13,23H,11H2,1H3,(H,39,40,41)/t13-,23-/m0/s1. The lowest BCUT2D eigenvalue weighted by Gasteiger charge is -2.24. The maximum Gasteiger partial charge on any atom is 0.416 e. The third-order valence-corrected chi connectivity index (χ3v) is 7.38. The normalized spacial score (nSPS) is 17.7. The smallest absolute Gasteiger partial charge is 0.416 e. The van der Waals surface area contributed by atoms with Gasteiger partial charge in [-0.3, -0.25) is 10.00 Å². The second-order valence-corrected chi connectivity index (χ2v) is 10.3. The third kappa shape index (κ3) is 6.18. The van der Waals surface area contributed by atoms with Crippen molar-refractivity contribution in [3.63, 3.8) is 0 Å². The average molecular weight is 649 g/mol. The number of ether oxygens (including phenoxy) is 1. The molecule has 2 atom stereocenters. The molecule has 1 aliphatic heterocycles. The van der Waals surface area contributed by atoms with Gasteiger partial charge in [0.1, 0.15) is 12.4 Å². The number of amides is 1. The highest BCUT2D eigenvalue weighted by molar-refractivity contribution is 6.33. The molecule has 5 rings (SSSR count). The summed E-state index contributed by atoms with van der Waals surface area (Å²) >= 11 is 6.42. The minimum atomic E-state index is -5.14. The van der Waals surface area contributed by atoms with Crippen LogP contribution in [0.25, 0.3) is 22.5 Å². The number of cyclic esters (lactones) is 1. The molecular formula is C28H18ClF9N4O2. The number of nitrogens with one attached hydrogen (secondary N) is 1. The molecule has 1 amide bonds. The van der Waals surface area contributed by atoms with Gasteiger partial charge in [-0.15, -0.1) is 0 Å². The van der Waals surface area contributed by atoms with Gasteiger partial charge in [0.25, 0.3) is 0 Å². The first-order valence-corrected chi connectivity index (χ1v) is 12.9. The monoisotopic (exact) mass is 648 g/mol. The van der Waals surface area contributed by atoms with Gasteiger partial charge in [0.15, 0.2) is 5.82 Å². The van der Waals surface area contributed by atoms with E-state index in [1.807, 2.05) is 0 Å². The van der Waals surface area contributed by atoms with Gasteiger partial charge in [0, 0.05) is 16.1 Å². The topological polar surface area (TPSA) is 71.1 Å². The van der Waals surface area contributed by atoms with Crippen molar-refractivity contribution in [2.45, 2.75) is 44.1 Å². The zero-order chi connectivity index (χ0) is 32.2. The molecule has 2 heterocycles. The Morgan fingerprint density at radius 3 is 2.05 bits per heavy atom. The molecule has 1 saturated heterocycles. The minimum Gasteiger partial charge on any atom is -0.439 e.